The van der Waals surface area contributed by atoms with Crippen LogP contribution in [0.3, 0.4) is 0 Å². The van der Waals surface area contributed by atoms with Gasteiger partial charge in [0.1, 0.15) is 0 Å². The third-order valence-corrected chi connectivity index (χ3v) is 15.4. The topological polar surface area (TPSA) is 8.17 Å². The largest absolute Gasteiger partial charge is 0.310 e. The predicted molar refractivity (Wildman–Crippen MR) is 290 cm³/mol. The standard InChI is InChI=1S/C67H42N2/c1-2-18-50-48(16-1)49-17-3-4-19-51(49)59-42-47(40-41-52(50)59)68(45-36-32-43(33-37-45)44-34-38-46(39-35-44)69-63-29-13-8-23-56(63)57-24-9-14-30-64(57)69)65-31-15-25-58-55-22-7-12-28-62(55)67(66(58)65)60-26-10-5-20-53(60)54-21-6-11-27-61(54)67/h1-42H. The smallest absolute Gasteiger partial charge is 0.0746 e. The zero-order valence-electron chi connectivity index (χ0n) is 37.6. The van der Waals surface area contributed by atoms with Crippen molar-refractivity contribution in [3.8, 4) is 39.1 Å². The molecule has 1 heterocycles. The molecule has 0 bridgehead atoms. The van der Waals surface area contributed by atoms with E-state index >= 15 is 0 Å². The second-order valence-electron chi connectivity index (χ2n) is 18.7. The van der Waals surface area contributed by atoms with Crippen LogP contribution in [0.4, 0.5) is 17.1 Å². The lowest BCUT2D eigenvalue weighted by atomic mass is 9.70. The van der Waals surface area contributed by atoms with Gasteiger partial charge in [-0.1, -0.05) is 200 Å². The van der Waals surface area contributed by atoms with Gasteiger partial charge in [0, 0.05) is 33.4 Å². The van der Waals surface area contributed by atoms with Crippen LogP contribution in [0.2, 0.25) is 0 Å². The Morgan fingerprint density at radius 2 is 0.696 bits per heavy atom. The first-order valence-electron chi connectivity index (χ1n) is 24.0. The summed E-state index contributed by atoms with van der Waals surface area (Å²) in [5.74, 6) is 0. The van der Waals surface area contributed by atoms with Gasteiger partial charge in [-0.05, 0) is 137 Å². The molecule has 0 saturated carbocycles. The summed E-state index contributed by atoms with van der Waals surface area (Å²) < 4.78 is 2.38. The molecule has 0 fully saturated rings. The van der Waals surface area contributed by atoms with E-state index in [1.54, 1.807) is 0 Å². The van der Waals surface area contributed by atoms with Crippen molar-refractivity contribution in [2.24, 2.45) is 0 Å². The third-order valence-electron chi connectivity index (χ3n) is 15.4. The van der Waals surface area contributed by atoms with Crippen LogP contribution in [-0.4, -0.2) is 4.57 Å². The van der Waals surface area contributed by atoms with Crippen LogP contribution >= 0.6 is 0 Å². The molecule has 0 unspecified atom stereocenters. The predicted octanol–water partition coefficient (Wildman–Crippen LogP) is 17.7. The highest BCUT2D eigenvalue weighted by Gasteiger charge is 2.53. The average molecular weight is 875 g/mol. The van der Waals surface area contributed by atoms with Gasteiger partial charge in [0.15, 0.2) is 0 Å². The first kappa shape index (κ1) is 38.2. The Labute approximate surface area is 400 Å². The van der Waals surface area contributed by atoms with Crippen molar-refractivity contribution in [2.75, 3.05) is 4.90 Å². The molecule has 320 valence electrons. The number of para-hydroxylation sites is 2. The minimum absolute atomic E-state index is 0.522. The molecule has 0 aliphatic heterocycles. The molecule has 2 nitrogen and oxygen atoms in total. The molecule has 1 spiro atoms. The van der Waals surface area contributed by atoms with Crippen molar-refractivity contribution in [3.63, 3.8) is 0 Å². The highest BCUT2D eigenvalue weighted by Crippen LogP contribution is 2.65. The van der Waals surface area contributed by atoms with Crippen LogP contribution in [0.5, 0.6) is 0 Å². The molecule has 1 aromatic heterocycles. The number of aromatic nitrogens is 1. The lowest BCUT2D eigenvalue weighted by Gasteiger charge is -2.36. The number of hydrogen-bond donors (Lipinski definition) is 0. The lowest BCUT2D eigenvalue weighted by Crippen LogP contribution is -2.28. The van der Waals surface area contributed by atoms with Crippen LogP contribution in [-0.2, 0) is 5.41 Å². The van der Waals surface area contributed by atoms with E-state index in [1.807, 2.05) is 0 Å². The molecule has 0 radical (unpaired) electrons. The van der Waals surface area contributed by atoms with Gasteiger partial charge in [-0.2, -0.15) is 0 Å². The Balaban J connectivity index is 0.945. The number of benzene rings is 12. The van der Waals surface area contributed by atoms with Gasteiger partial charge in [-0.3, -0.25) is 0 Å². The van der Waals surface area contributed by atoms with Crippen molar-refractivity contribution in [1.82, 2.24) is 4.57 Å². The van der Waals surface area contributed by atoms with E-state index in [4.69, 9.17) is 0 Å². The number of anilines is 3. The summed E-state index contributed by atoms with van der Waals surface area (Å²) in [6.07, 6.45) is 0. The van der Waals surface area contributed by atoms with Gasteiger partial charge in [-0.25, -0.2) is 0 Å². The van der Waals surface area contributed by atoms with Crippen LogP contribution in [0.1, 0.15) is 22.3 Å². The molecule has 69 heavy (non-hydrogen) atoms. The zero-order chi connectivity index (χ0) is 45.2. The fourth-order valence-electron chi connectivity index (χ4n) is 12.6. The van der Waals surface area contributed by atoms with E-state index in [-0.39, 0.29) is 0 Å². The fraction of sp³-hybridized carbons (Fsp3) is 0.0149. The zero-order valence-corrected chi connectivity index (χ0v) is 37.6. The molecule has 15 rings (SSSR count). The van der Waals surface area contributed by atoms with Gasteiger partial charge in [0.2, 0.25) is 0 Å². The quantitative estimate of drug-likeness (QED) is 0.156. The van der Waals surface area contributed by atoms with Crippen LogP contribution in [0, 0.1) is 0 Å². The average Bonchev–Trinajstić information content (AvgIpc) is 4.04. The highest BCUT2D eigenvalue weighted by molar-refractivity contribution is 6.26. The molecule has 0 atom stereocenters. The van der Waals surface area contributed by atoms with Gasteiger partial charge < -0.3 is 9.47 Å². The molecule has 0 saturated heterocycles. The van der Waals surface area contributed by atoms with Gasteiger partial charge in [0.05, 0.1) is 22.1 Å². The Hall–Kier alpha value is -8.98. The molecule has 2 aliphatic carbocycles. The number of fused-ring (bicyclic) bond motifs is 19. The highest BCUT2D eigenvalue weighted by atomic mass is 15.1. The summed E-state index contributed by atoms with van der Waals surface area (Å²) in [5.41, 5.74) is 19.3. The summed E-state index contributed by atoms with van der Waals surface area (Å²) >= 11 is 0. The lowest BCUT2D eigenvalue weighted by molar-refractivity contribution is 0.793. The Bertz CT molecular complexity index is 4100. The normalized spacial score (nSPS) is 13.0. The van der Waals surface area contributed by atoms with Crippen molar-refractivity contribution in [2.45, 2.75) is 5.41 Å². The molecule has 2 heteroatoms. The van der Waals surface area contributed by atoms with Gasteiger partial charge in [0.25, 0.3) is 0 Å². The minimum Gasteiger partial charge on any atom is -0.310 e. The summed E-state index contributed by atoms with van der Waals surface area (Å²) in [6.45, 7) is 0. The second kappa shape index (κ2) is 14.5. The minimum atomic E-state index is -0.522. The number of nitrogens with zero attached hydrogens (tertiary/aromatic N) is 2. The van der Waals surface area contributed by atoms with Gasteiger partial charge in [-0.15, -0.1) is 0 Å². The third kappa shape index (κ3) is 5.26. The summed E-state index contributed by atoms with van der Waals surface area (Å²) in [4.78, 5) is 2.54. The fourth-order valence-corrected chi connectivity index (χ4v) is 12.6. The van der Waals surface area contributed by atoms with E-state index in [2.05, 4.69) is 264 Å². The van der Waals surface area contributed by atoms with E-state index in [0.29, 0.717) is 0 Å². The van der Waals surface area contributed by atoms with E-state index < -0.39 is 5.41 Å². The van der Waals surface area contributed by atoms with Crippen LogP contribution < -0.4 is 4.90 Å². The maximum Gasteiger partial charge on any atom is 0.0746 e. The van der Waals surface area contributed by atoms with Crippen LogP contribution in [0.15, 0.2) is 255 Å². The summed E-state index contributed by atoms with van der Waals surface area (Å²) in [5, 5.41) is 10.1. The van der Waals surface area contributed by atoms with E-state index in [0.717, 1.165) is 17.1 Å². The second-order valence-corrected chi connectivity index (χ2v) is 18.7. The molecule has 2 aliphatic rings. The molecule has 0 amide bonds. The molecular formula is C67H42N2. The Morgan fingerprint density at radius 1 is 0.290 bits per heavy atom. The SMILES string of the molecule is c1ccc2c(c1)-c1ccccc1C21c2ccccc2-c2cccc(N(c3ccc(-c4ccc(-n5c6ccccc6c6ccccc65)cc4)cc3)c3ccc4c5ccccc5c5ccccc5c4c3)c21. The Kier molecular flexibility index (Phi) is 8.02. The van der Waals surface area contributed by atoms with Crippen LogP contribution in [0.25, 0.3) is 93.2 Å². The van der Waals surface area contributed by atoms with Crippen molar-refractivity contribution in [3.05, 3.63) is 277 Å². The van der Waals surface area contributed by atoms with E-state index in [9.17, 15) is 0 Å². The maximum absolute atomic E-state index is 2.54. The first-order chi connectivity index (χ1) is 34.3. The summed E-state index contributed by atoms with van der Waals surface area (Å²) in [6, 6.07) is 94.9. The van der Waals surface area contributed by atoms with E-state index in [1.165, 1.54) is 115 Å². The van der Waals surface area contributed by atoms with Gasteiger partial charge >= 0.3 is 0 Å². The molecular weight excluding hydrogens is 833 g/mol. The summed E-state index contributed by atoms with van der Waals surface area (Å²) in [7, 11) is 0. The molecule has 12 aromatic carbocycles. The van der Waals surface area contributed by atoms with Crippen molar-refractivity contribution < 1.29 is 0 Å². The van der Waals surface area contributed by atoms with Crippen molar-refractivity contribution >= 4 is 71.2 Å². The Morgan fingerprint density at radius 3 is 1.25 bits per heavy atom. The molecule has 13 aromatic rings. The number of rotatable bonds is 5. The first-order valence-corrected chi connectivity index (χ1v) is 24.0. The molecule has 0 N–H and O–H groups in total. The van der Waals surface area contributed by atoms with Crippen molar-refractivity contribution in [1.29, 1.82) is 0 Å². The number of hydrogen-bond acceptors (Lipinski definition) is 1. The maximum atomic E-state index is 2.54. The monoisotopic (exact) mass is 874 g/mol.